The third-order valence-corrected chi connectivity index (χ3v) is 9.89. The van der Waals surface area contributed by atoms with E-state index in [0.717, 1.165) is 38.0 Å². The summed E-state index contributed by atoms with van der Waals surface area (Å²) in [7, 11) is -4.67. The third kappa shape index (κ3) is 35.6. The average molecular weight is 775 g/mol. The van der Waals surface area contributed by atoms with E-state index >= 15 is 0 Å². The van der Waals surface area contributed by atoms with Crippen LogP contribution >= 0.6 is 7.82 Å². The minimum atomic E-state index is -4.67. The molecule has 3 unspecified atom stereocenters. The quantitative estimate of drug-likeness (QED) is 0.0156. The number of hydrogen-bond acceptors (Lipinski definition) is 10. The maximum Gasteiger partial charge on any atom is 0.472 e. The Kier molecular flexibility index (Phi) is 34.6. The smallest absolute Gasteiger partial charge is 0.462 e. The van der Waals surface area contributed by atoms with Crippen molar-refractivity contribution in [1.29, 1.82) is 0 Å². The van der Waals surface area contributed by atoms with Gasteiger partial charge in [0.05, 0.1) is 25.9 Å². The highest BCUT2D eigenvalue weighted by molar-refractivity contribution is 7.47. The topological polar surface area (TPSA) is 169 Å². The minimum Gasteiger partial charge on any atom is -0.462 e. The van der Waals surface area contributed by atoms with Crippen LogP contribution in [-0.2, 0) is 32.7 Å². The van der Waals surface area contributed by atoms with Crippen molar-refractivity contribution < 1.29 is 52.9 Å². The first kappa shape index (κ1) is 51.1. The number of carbonyl (C=O) groups excluding carboxylic acids is 2. The molecule has 0 aromatic carbocycles. The van der Waals surface area contributed by atoms with Gasteiger partial charge in [-0.2, -0.15) is 0 Å². The number of aliphatic hydroxyl groups excluding tert-OH is 3. The number of unbranched alkanes of at least 4 members (excludes halogenated alkanes) is 13. The average Bonchev–Trinajstić information content (AvgIpc) is 3.14. The Hall–Kier alpha value is -1.85. The predicted molar refractivity (Wildman–Crippen MR) is 211 cm³/mol. The zero-order valence-electron chi connectivity index (χ0n) is 33.3. The lowest BCUT2D eigenvalue weighted by Crippen LogP contribution is -2.30. The maximum atomic E-state index is 12.6. The van der Waals surface area contributed by atoms with Crippen LogP contribution in [0.5, 0.6) is 0 Å². The zero-order chi connectivity index (χ0) is 39.4. The molecule has 0 fully saturated rings. The number of ether oxygens (including phenoxy) is 2. The first-order valence-electron chi connectivity index (χ1n) is 20.4. The molecule has 11 nitrogen and oxygen atoms in total. The number of carbonyl (C=O) groups is 2. The van der Waals surface area contributed by atoms with Crippen LogP contribution in [0.2, 0.25) is 0 Å². The van der Waals surface area contributed by atoms with Crippen LogP contribution in [0.3, 0.4) is 0 Å². The van der Waals surface area contributed by atoms with Gasteiger partial charge in [0, 0.05) is 12.8 Å². The number of rotatable bonds is 37. The Morgan fingerprint density at radius 1 is 0.698 bits per heavy atom. The van der Waals surface area contributed by atoms with E-state index in [1.54, 1.807) is 12.2 Å². The van der Waals surface area contributed by atoms with Crippen LogP contribution in [0.15, 0.2) is 36.5 Å². The van der Waals surface area contributed by atoms with Gasteiger partial charge in [-0.05, 0) is 44.4 Å². The molecule has 0 aliphatic rings. The first-order valence-corrected chi connectivity index (χ1v) is 21.9. The van der Waals surface area contributed by atoms with Crippen molar-refractivity contribution in [3.63, 3.8) is 0 Å². The second kappa shape index (κ2) is 35.8. The molecule has 0 radical (unpaired) electrons. The molecule has 5 atom stereocenters. The Morgan fingerprint density at radius 2 is 1.32 bits per heavy atom. The summed E-state index contributed by atoms with van der Waals surface area (Å²) < 4.78 is 32.5. The van der Waals surface area contributed by atoms with Gasteiger partial charge in [-0.1, -0.05) is 147 Å². The van der Waals surface area contributed by atoms with Gasteiger partial charge in [0.1, 0.15) is 12.7 Å². The predicted octanol–water partition coefficient (Wildman–Crippen LogP) is 9.22. The molecule has 0 aliphatic heterocycles. The molecule has 0 saturated carbocycles. The molecule has 0 heterocycles. The van der Waals surface area contributed by atoms with Gasteiger partial charge in [0.15, 0.2) is 6.10 Å². The van der Waals surface area contributed by atoms with Crippen LogP contribution in [0.4, 0.5) is 0 Å². The Balaban J connectivity index is 4.55. The van der Waals surface area contributed by atoms with E-state index < -0.39 is 57.9 Å². The van der Waals surface area contributed by atoms with E-state index in [2.05, 4.69) is 37.4 Å². The number of aliphatic hydroxyl groups is 3. The summed E-state index contributed by atoms with van der Waals surface area (Å²) in [5.74, 6) is -0.322. The number of hydrogen-bond donors (Lipinski definition) is 4. The molecule has 0 spiro atoms. The lowest BCUT2D eigenvalue weighted by atomic mass is 9.99. The van der Waals surface area contributed by atoms with E-state index in [9.17, 15) is 29.3 Å². The van der Waals surface area contributed by atoms with E-state index in [1.165, 1.54) is 77.0 Å². The second-order valence-corrected chi connectivity index (χ2v) is 15.6. The van der Waals surface area contributed by atoms with Gasteiger partial charge >= 0.3 is 19.8 Å². The molecule has 0 aromatic rings. The Labute approximate surface area is 321 Å². The van der Waals surface area contributed by atoms with E-state index in [0.29, 0.717) is 19.3 Å². The lowest BCUT2D eigenvalue weighted by Gasteiger charge is -2.20. The summed E-state index contributed by atoms with van der Waals surface area (Å²) in [6, 6.07) is 0. The highest BCUT2D eigenvalue weighted by Gasteiger charge is 2.27. The molecule has 0 amide bonds. The van der Waals surface area contributed by atoms with Gasteiger partial charge in [-0.15, -0.1) is 0 Å². The monoisotopic (exact) mass is 775 g/mol. The lowest BCUT2D eigenvalue weighted by molar-refractivity contribution is -0.161. The molecule has 0 aromatic heterocycles. The molecule has 4 N–H and O–H groups in total. The van der Waals surface area contributed by atoms with Crippen molar-refractivity contribution in [3.8, 4) is 0 Å². The van der Waals surface area contributed by atoms with Gasteiger partial charge in [0.25, 0.3) is 0 Å². The summed E-state index contributed by atoms with van der Waals surface area (Å²) in [5.41, 5.74) is 0. The van der Waals surface area contributed by atoms with Crippen molar-refractivity contribution in [2.24, 2.45) is 5.92 Å². The fourth-order valence-corrected chi connectivity index (χ4v) is 6.12. The van der Waals surface area contributed by atoms with Crippen LogP contribution in [0.1, 0.15) is 162 Å². The molecule has 0 rings (SSSR count). The van der Waals surface area contributed by atoms with Crippen molar-refractivity contribution in [2.75, 3.05) is 26.4 Å². The fourth-order valence-electron chi connectivity index (χ4n) is 5.33. The number of esters is 2. The molecule has 0 bridgehead atoms. The number of phosphoric acid groups is 1. The molecule has 0 saturated heterocycles. The number of allylic oxidation sites excluding steroid dienone is 5. The first-order chi connectivity index (χ1) is 25.5. The van der Waals surface area contributed by atoms with Gasteiger partial charge < -0.3 is 29.7 Å². The van der Waals surface area contributed by atoms with Gasteiger partial charge in [-0.25, -0.2) is 4.57 Å². The molecule has 0 aliphatic carbocycles. The van der Waals surface area contributed by atoms with Crippen molar-refractivity contribution in [1.82, 2.24) is 0 Å². The SMILES string of the molecule is CCCCCCCC/C=C/C/C=C/C=C/C(O)CCCC(=O)O[C@H](COC(=O)CCCCCCCCCCC(C)CC)COP(=O)(O)OC[C@@H](O)CO. The second-order valence-electron chi connectivity index (χ2n) is 14.1. The highest BCUT2D eigenvalue weighted by atomic mass is 31.2. The van der Waals surface area contributed by atoms with Crippen molar-refractivity contribution in [3.05, 3.63) is 36.5 Å². The van der Waals surface area contributed by atoms with Crippen LogP contribution in [-0.4, -0.2) is 76.9 Å². The number of phosphoric ester groups is 1. The van der Waals surface area contributed by atoms with Crippen LogP contribution in [0.25, 0.3) is 0 Å². The highest BCUT2D eigenvalue weighted by Crippen LogP contribution is 2.43. The van der Waals surface area contributed by atoms with Crippen molar-refractivity contribution >= 4 is 19.8 Å². The molecule has 53 heavy (non-hydrogen) atoms. The summed E-state index contributed by atoms with van der Waals surface area (Å²) >= 11 is 0. The summed E-state index contributed by atoms with van der Waals surface area (Å²) in [6.45, 7) is 4.45. The van der Waals surface area contributed by atoms with E-state index in [-0.39, 0.29) is 19.4 Å². The van der Waals surface area contributed by atoms with Gasteiger partial charge in [-0.3, -0.25) is 18.6 Å². The molecule has 12 heteroatoms. The molecular formula is C41H75O11P. The minimum absolute atomic E-state index is 0.0393. The molecular weight excluding hydrogens is 699 g/mol. The third-order valence-electron chi connectivity index (χ3n) is 8.94. The van der Waals surface area contributed by atoms with Crippen LogP contribution < -0.4 is 0 Å². The summed E-state index contributed by atoms with van der Waals surface area (Å²) in [6.07, 6.45) is 30.1. The standard InChI is InChI=1S/C41H75O11P/c1-4-6-7-8-9-10-11-12-13-14-18-21-24-28-37(43)29-26-31-41(46)52-39(35-51-53(47,48)50-33-38(44)32-42)34-49-40(45)30-25-22-19-16-15-17-20-23-27-36(3)5-2/h12-13,18,21,24,28,36-39,42-44H,4-11,14-17,19-20,22-23,25-27,29-35H2,1-3H3,(H,47,48)/b13-12+,21-18+,28-24+/t36?,37?,38-,39+/m0/s1. The Bertz CT molecular complexity index is 1020. The van der Waals surface area contributed by atoms with Gasteiger partial charge in [0.2, 0.25) is 0 Å². The normalized spacial score (nSPS) is 15.5. The van der Waals surface area contributed by atoms with E-state index in [4.69, 9.17) is 19.1 Å². The summed E-state index contributed by atoms with van der Waals surface area (Å²) in [4.78, 5) is 34.9. The zero-order valence-corrected chi connectivity index (χ0v) is 34.1. The fraction of sp³-hybridized carbons (Fsp3) is 0.805. The Morgan fingerprint density at radius 3 is 2.00 bits per heavy atom. The maximum absolute atomic E-state index is 12.6. The van der Waals surface area contributed by atoms with Crippen molar-refractivity contribution in [2.45, 2.75) is 180 Å². The van der Waals surface area contributed by atoms with Crippen LogP contribution in [0, 0.1) is 5.92 Å². The largest absolute Gasteiger partial charge is 0.472 e. The van der Waals surface area contributed by atoms with E-state index in [1.807, 2.05) is 12.2 Å². The summed E-state index contributed by atoms with van der Waals surface area (Å²) in [5, 5.41) is 28.6. The molecule has 310 valence electrons.